The number of nitrogens with zero attached hydrogens (tertiary/aromatic N) is 3. The highest BCUT2D eigenvalue weighted by Gasteiger charge is 2.55. The minimum absolute atomic E-state index is 0.0206. The van der Waals surface area contributed by atoms with E-state index < -0.39 is 17.9 Å². The Hall–Kier alpha value is -1.95. The van der Waals surface area contributed by atoms with Crippen molar-refractivity contribution in [3.63, 3.8) is 0 Å². The molecule has 0 bridgehead atoms. The van der Waals surface area contributed by atoms with Crippen molar-refractivity contribution < 1.29 is 24.2 Å². The number of aliphatic hydroxyl groups excluding tert-OH is 1. The summed E-state index contributed by atoms with van der Waals surface area (Å²) in [4.78, 5) is 43.4. The Kier molecular flexibility index (Phi) is 10.1. The molecule has 0 aromatic carbocycles. The Balaban J connectivity index is 1.84. The highest BCUT2D eigenvalue weighted by molar-refractivity contribution is 5.76. The molecule has 0 aliphatic carbocycles. The molecule has 11 heteroatoms. The Labute approximate surface area is 228 Å². The molecule has 0 spiro atoms. The van der Waals surface area contributed by atoms with Gasteiger partial charge in [-0.3, -0.25) is 4.90 Å². The van der Waals surface area contributed by atoms with Crippen LogP contribution >= 0.6 is 0 Å². The minimum Gasteiger partial charge on any atom is -0.442 e. The summed E-state index contributed by atoms with van der Waals surface area (Å²) in [6, 6.07) is -1.09. The number of likely N-dealkylation sites (tertiary alicyclic amines) is 3. The van der Waals surface area contributed by atoms with Gasteiger partial charge in [0.1, 0.15) is 18.6 Å². The zero-order chi connectivity index (χ0) is 28.3. The maximum absolute atomic E-state index is 13.1. The number of piperidine rings is 1. The van der Waals surface area contributed by atoms with E-state index in [4.69, 9.17) is 4.74 Å². The third-order valence-corrected chi connectivity index (χ3v) is 8.25. The number of carbonyl (C=O) groups excluding carboxylic acids is 3. The van der Waals surface area contributed by atoms with Gasteiger partial charge in [-0.15, -0.1) is 0 Å². The van der Waals surface area contributed by atoms with Gasteiger partial charge in [0.2, 0.25) is 0 Å². The van der Waals surface area contributed by atoms with Gasteiger partial charge in [-0.05, 0) is 58.9 Å². The van der Waals surface area contributed by atoms with Crippen LogP contribution < -0.4 is 16.0 Å². The maximum atomic E-state index is 13.1. The Morgan fingerprint density at radius 1 is 1.11 bits per heavy atom. The van der Waals surface area contributed by atoms with Gasteiger partial charge in [0.25, 0.3) is 0 Å². The van der Waals surface area contributed by atoms with Gasteiger partial charge in [-0.1, -0.05) is 20.8 Å². The van der Waals surface area contributed by atoms with Gasteiger partial charge in [-0.25, -0.2) is 9.59 Å². The van der Waals surface area contributed by atoms with Crippen molar-refractivity contribution in [2.24, 2.45) is 5.41 Å². The average Bonchev–Trinajstić information content (AvgIpc) is 3.44. The first-order chi connectivity index (χ1) is 17.8. The number of rotatable bonds is 9. The Morgan fingerprint density at radius 2 is 1.76 bits per heavy atom. The van der Waals surface area contributed by atoms with E-state index in [9.17, 15) is 19.5 Å². The summed E-state index contributed by atoms with van der Waals surface area (Å²) >= 11 is 0. The second kappa shape index (κ2) is 12.5. The molecule has 11 nitrogen and oxygen atoms in total. The van der Waals surface area contributed by atoms with Gasteiger partial charge in [-0.2, -0.15) is 0 Å². The first-order valence-electron chi connectivity index (χ1n) is 14.2. The molecular weight excluding hydrogens is 488 g/mol. The molecule has 3 aliphatic heterocycles. The lowest BCUT2D eigenvalue weighted by atomic mass is 9.84. The van der Waals surface area contributed by atoms with E-state index in [-0.39, 0.29) is 48.3 Å². The number of fused-ring (bicyclic) bond motifs is 1. The van der Waals surface area contributed by atoms with Crippen molar-refractivity contribution in [3.05, 3.63) is 0 Å². The molecule has 6 atom stereocenters. The highest BCUT2D eigenvalue weighted by Crippen LogP contribution is 2.37. The topological polar surface area (TPSA) is 126 Å². The van der Waals surface area contributed by atoms with E-state index in [1.807, 2.05) is 46.4 Å². The van der Waals surface area contributed by atoms with Crippen LogP contribution in [0, 0.1) is 5.41 Å². The molecule has 0 saturated carbocycles. The number of aliphatic hydroxyl groups is 1. The van der Waals surface area contributed by atoms with Gasteiger partial charge in [0.15, 0.2) is 0 Å². The summed E-state index contributed by atoms with van der Waals surface area (Å²) in [5.74, 6) is 0. The molecule has 4 N–H and O–H groups in total. The van der Waals surface area contributed by atoms with Crippen molar-refractivity contribution in [2.75, 3.05) is 39.8 Å². The van der Waals surface area contributed by atoms with Crippen molar-refractivity contribution in [1.82, 2.24) is 30.7 Å². The zero-order valence-corrected chi connectivity index (χ0v) is 24.3. The molecule has 38 heavy (non-hydrogen) atoms. The van der Waals surface area contributed by atoms with Crippen LogP contribution in [0.2, 0.25) is 0 Å². The van der Waals surface area contributed by atoms with Crippen LogP contribution in [0.5, 0.6) is 0 Å². The van der Waals surface area contributed by atoms with Gasteiger partial charge in [0.05, 0.1) is 30.2 Å². The van der Waals surface area contributed by atoms with Crippen molar-refractivity contribution in [1.29, 1.82) is 0 Å². The highest BCUT2D eigenvalue weighted by atomic mass is 16.6. The molecule has 3 amide bonds. The van der Waals surface area contributed by atoms with E-state index in [1.165, 1.54) is 0 Å². The largest absolute Gasteiger partial charge is 0.442 e. The van der Waals surface area contributed by atoms with Crippen LogP contribution in [0.4, 0.5) is 9.59 Å². The van der Waals surface area contributed by atoms with Crippen LogP contribution in [0.15, 0.2) is 0 Å². The molecule has 3 fully saturated rings. The van der Waals surface area contributed by atoms with Crippen LogP contribution in [0.25, 0.3) is 0 Å². The minimum atomic E-state index is -0.915. The monoisotopic (exact) mass is 538 g/mol. The predicted octanol–water partition coefficient (Wildman–Crippen LogP) is 1.35. The van der Waals surface area contributed by atoms with E-state index in [0.717, 1.165) is 25.5 Å². The summed E-state index contributed by atoms with van der Waals surface area (Å²) in [5, 5.41) is 21.2. The molecule has 0 aromatic rings. The zero-order valence-electron chi connectivity index (χ0n) is 24.3. The van der Waals surface area contributed by atoms with Crippen LogP contribution in [0.3, 0.4) is 0 Å². The third-order valence-electron chi connectivity index (χ3n) is 8.25. The normalized spacial score (nSPS) is 27.6. The molecule has 0 aromatic heterocycles. The summed E-state index contributed by atoms with van der Waals surface area (Å²) in [6.45, 7) is 14.3. The number of nitrogens with one attached hydrogen (secondary N) is 3. The van der Waals surface area contributed by atoms with E-state index in [2.05, 4.69) is 16.0 Å². The van der Waals surface area contributed by atoms with E-state index in [0.29, 0.717) is 32.6 Å². The molecule has 6 unspecified atom stereocenters. The van der Waals surface area contributed by atoms with Crippen molar-refractivity contribution in [3.8, 4) is 0 Å². The number of likely N-dealkylation sites (N-methyl/N-ethyl adjacent to an activating group) is 1. The number of hydrogen-bond donors (Lipinski definition) is 4. The van der Waals surface area contributed by atoms with Crippen LogP contribution in [0.1, 0.15) is 67.2 Å². The smallest absolute Gasteiger partial charge is 0.410 e. The molecule has 218 valence electrons. The number of hydrogen-bond acceptors (Lipinski definition) is 8. The maximum Gasteiger partial charge on any atom is 0.410 e. The fraction of sp³-hybridized carbons (Fsp3) is 0.889. The summed E-state index contributed by atoms with van der Waals surface area (Å²) in [5.41, 5.74) is -1.12. The summed E-state index contributed by atoms with van der Waals surface area (Å²) in [7, 11) is 1.74. The lowest BCUT2D eigenvalue weighted by molar-refractivity contribution is -0.113. The SMILES string of the molecule is CNC(C)(C=O)CNC(C(O)N1CCC2C1C(OC(=O)N1CCCCC1)CN2C(=O)NC(C)C)C(C)(C)C. The fourth-order valence-electron chi connectivity index (χ4n) is 5.88. The Morgan fingerprint density at radius 3 is 2.32 bits per heavy atom. The molecule has 3 heterocycles. The number of carbonyl (C=O) groups is 3. The van der Waals surface area contributed by atoms with Gasteiger partial charge < -0.3 is 40.4 Å². The summed E-state index contributed by atoms with van der Waals surface area (Å²) < 4.78 is 6.08. The van der Waals surface area contributed by atoms with Gasteiger partial charge in [0, 0.05) is 32.2 Å². The molecule has 0 radical (unpaired) electrons. The lowest BCUT2D eigenvalue weighted by Crippen LogP contribution is -2.62. The quantitative estimate of drug-likeness (QED) is 0.324. The molecular formula is C27H50N6O5. The fourth-order valence-corrected chi connectivity index (χ4v) is 5.88. The number of urea groups is 1. The summed E-state index contributed by atoms with van der Waals surface area (Å²) in [6.07, 6.45) is 2.77. The number of amides is 3. The first-order valence-corrected chi connectivity index (χ1v) is 14.2. The second-order valence-corrected chi connectivity index (χ2v) is 12.7. The molecule has 3 aliphatic rings. The average molecular weight is 539 g/mol. The van der Waals surface area contributed by atoms with E-state index in [1.54, 1.807) is 16.8 Å². The van der Waals surface area contributed by atoms with Gasteiger partial charge >= 0.3 is 12.1 Å². The first kappa shape index (κ1) is 30.6. The Bertz CT molecular complexity index is 829. The van der Waals surface area contributed by atoms with E-state index >= 15 is 0 Å². The standard InChI is InChI=1S/C27H50N6O5/c1-18(2)30-24(36)33-15-20(38-25(37)31-12-9-8-10-13-31)21-19(33)11-14-32(21)23(35)22(26(3,4)5)29-16-27(6,17-34)28-7/h17-23,28-29,35H,8-16H2,1-7H3,(H,30,36). The molecule has 3 saturated heterocycles. The van der Waals surface area contributed by atoms with Crippen molar-refractivity contribution in [2.45, 2.75) is 109 Å². The van der Waals surface area contributed by atoms with Crippen molar-refractivity contribution >= 4 is 18.4 Å². The number of aldehydes is 1. The van der Waals surface area contributed by atoms with Crippen LogP contribution in [-0.2, 0) is 9.53 Å². The lowest BCUT2D eigenvalue weighted by Gasteiger charge is -2.43. The predicted molar refractivity (Wildman–Crippen MR) is 146 cm³/mol. The van der Waals surface area contributed by atoms with Crippen LogP contribution in [-0.4, -0.2) is 120 Å². The second-order valence-electron chi connectivity index (χ2n) is 12.7. The number of ether oxygens (including phenoxy) is 1. The third kappa shape index (κ3) is 6.97. The molecule has 3 rings (SSSR count).